The van der Waals surface area contributed by atoms with E-state index in [1.807, 2.05) is 0 Å². The van der Waals surface area contributed by atoms with Gasteiger partial charge in [0.15, 0.2) is 0 Å². The Morgan fingerprint density at radius 2 is 1.67 bits per heavy atom. The van der Waals surface area contributed by atoms with Crippen LogP contribution in [0.1, 0.15) is 50.9 Å². The molecule has 0 aliphatic rings. The minimum atomic E-state index is -0.543. The van der Waals surface area contributed by atoms with Crippen LogP contribution < -0.4 is 5.73 Å². The van der Waals surface area contributed by atoms with Crippen molar-refractivity contribution in [3.63, 3.8) is 0 Å². The Balaban J connectivity index is 2.86. The third-order valence-corrected chi connectivity index (χ3v) is 3.46. The molecule has 1 aromatic carbocycles. The van der Waals surface area contributed by atoms with E-state index in [1.54, 1.807) is 11.0 Å². The summed E-state index contributed by atoms with van der Waals surface area (Å²) in [4.78, 5) is 14.3. The Bertz CT molecular complexity index is 460. The number of halogens is 1. The van der Waals surface area contributed by atoms with E-state index in [1.165, 1.54) is 12.1 Å². The summed E-state index contributed by atoms with van der Waals surface area (Å²) in [7, 11) is 0. The van der Waals surface area contributed by atoms with Gasteiger partial charge in [-0.1, -0.05) is 27.7 Å². The highest BCUT2D eigenvalue weighted by molar-refractivity contribution is 5.94. The first kappa shape index (κ1) is 17.5. The molecule has 0 heterocycles. The second-order valence-corrected chi connectivity index (χ2v) is 6.40. The summed E-state index contributed by atoms with van der Waals surface area (Å²) < 4.78 is 13.9. The molecular formula is C17H27FN2O. The van der Waals surface area contributed by atoms with Crippen LogP contribution in [0.4, 0.5) is 10.1 Å². The smallest absolute Gasteiger partial charge is 0.256 e. The fourth-order valence-corrected chi connectivity index (χ4v) is 2.02. The molecule has 0 unspecified atom stereocenters. The second-order valence-electron chi connectivity index (χ2n) is 6.40. The van der Waals surface area contributed by atoms with Crippen LogP contribution in [0.5, 0.6) is 0 Å². The molecule has 0 aliphatic carbocycles. The molecule has 118 valence electrons. The molecular weight excluding hydrogens is 267 g/mol. The monoisotopic (exact) mass is 294 g/mol. The molecule has 0 fully saturated rings. The van der Waals surface area contributed by atoms with Gasteiger partial charge in [-0.25, -0.2) is 4.39 Å². The van der Waals surface area contributed by atoms with Gasteiger partial charge < -0.3 is 10.6 Å². The molecule has 2 N–H and O–H groups in total. The average molecular weight is 294 g/mol. The first-order chi connectivity index (χ1) is 9.81. The summed E-state index contributed by atoms with van der Waals surface area (Å²) in [5.41, 5.74) is 5.98. The summed E-state index contributed by atoms with van der Waals surface area (Å²) in [5.74, 6) is 0.235. The summed E-state index contributed by atoms with van der Waals surface area (Å²) in [5, 5.41) is 0. The van der Waals surface area contributed by atoms with Gasteiger partial charge in [-0.05, 0) is 42.9 Å². The molecule has 4 heteroatoms. The van der Waals surface area contributed by atoms with Crippen LogP contribution in [-0.2, 0) is 0 Å². The van der Waals surface area contributed by atoms with Crippen molar-refractivity contribution < 1.29 is 9.18 Å². The molecule has 1 amide bonds. The normalized spacial score (nSPS) is 11.2. The quantitative estimate of drug-likeness (QED) is 0.774. The molecule has 0 atom stereocenters. The zero-order valence-electron chi connectivity index (χ0n) is 13.5. The average Bonchev–Trinajstić information content (AvgIpc) is 2.37. The van der Waals surface area contributed by atoms with Gasteiger partial charge in [0.25, 0.3) is 5.91 Å². The van der Waals surface area contributed by atoms with E-state index in [0.717, 1.165) is 12.8 Å². The van der Waals surface area contributed by atoms with E-state index in [2.05, 4.69) is 27.7 Å². The molecule has 0 bridgehead atoms. The van der Waals surface area contributed by atoms with Crippen LogP contribution in [0.2, 0.25) is 0 Å². The molecule has 1 aromatic rings. The zero-order chi connectivity index (χ0) is 16.0. The number of carbonyl (C=O) groups excluding carboxylic acids is 1. The van der Waals surface area contributed by atoms with E-state index >= 15 is 0 Å². The van der Waals surface area contributed by atoms with Crippen LogP contribution in [0.15, 0.2) is 18.2 Å². The van der Waals surface area contributed by atoms with Crippen LogP contribution in [-0.4, -0.2) is 23.9 Å². The maximum absolute atomic E-state index is 13.9. The first-order valence-electron chi connectivity index (χ1n) is 7.65. The Morgan fingerprint density at radius 1 is 1.14 bits per heavy atom. The van der Waals surface area contributed by atoms with Gasteiger partial charge in [-0.15, -0.1) is 0 Å². The van der Waals surface area contributed by atoms with Crippen molar-refractivity contribution in [1.82, 2.24) is 4.90 Å². The topological polar surface area (TPSA) is 46.3 Å². The minimum Gasteiger partial charge on any atom is -0.399 e. The van der Waals surface area contributed by atoms with Crippen LogP contribution in [0, 0.1) is 17.7 Å². The Morgan fingerprint density at radius 3 is 2.10 bits per heavy atom. The number of hydrogen-bond donors (Lipinski definition) is 1. The molecule has 0 radical (unpaired) electrons. The third-order valence-electron chi connectivity index (χ3n) is 3.46. The molecule has 1 rings (SSSR count). The van der Waals surface area contributed by atoms with Gasteiger partial charge in [0.1, 0.15) is 5.82 Å². The lowest BCUT2D eigenvalue weighted by atomic mass is 10.1. The zero-order valence-corrected chi connectivity index (χ0v) is 13.5. The van der Waals surface area contributed by atoms with E-state index in [9.17, 15) is 9.18 Å². The van der Waals surface area contributed by atoms with Crippen molar-refractivity contribution in [3.05, 3.63) is 29.6 Å². The Labute approximate surface area is 127 Å². The van der Waals surface area contributed by atoms with Crippen molar-refractivity contribution in [1.29, 1.82) is 0 Å². The molecule has 0 saturated heterocycles. The van der Waals surface area contributed by atoms with Crippen LogP contribution in [0.3, 0.4) is 0 Å². The number of nitrogens with zero attached hydrogens (tertiary/aromatic N) is 1. The molecule has 3 nitrogen and oxygen atoms in total. The predicted octanol–water partition coefficient (Wildman–Crippen LogP) is 3.94. The van der Waals surface area contributed by atoms with Gasteiger partial charge in [-0.2, -0.15) is 0 Å². The largest absolute Gasteiger partial charge is 0.399 e. The molecule has 0 spiro atoms. The lowest BCUT2D eigenvalue weighted by molar-refractivity contribution is 0.0736. The van der Waals surface area contributed by atoms with Crippen molar-refractivity contribution in [2.45, 2.75) is 40.5 Å². The highest BCUT2D eigenvalue weighted by Crippen LogP contribution is 2.16. The molecule has 0 saturated carbocycles. The Kier molecular flexibility index (Phi) is 6.66. The van der Waals surface area contributed by atoms with E-state index < -0.39 is 5.82 Å². The second kappa shape index (κ2) is 8.01. The fourth-order valence-electron chi connectivity index (χ4n) is 2.02. The van der Waals surface area contributed by atoms with Gasteiger partial charge in [-0.3, -0.25) is 4.79 Å². The minimum absolute atomic E-state index is 0.108. The van der Waals surface area contributed by atoms with Gasteiger partial charge >= 0.3 is 0 Å². The summed E-state index contributed by atoms with van der Waals surface area (Å²) in [6, 6.07) is 4.25. The number of anilines is 1. The number of hydrogen-bond acceptors (Lipinski definition) is 2. The van der Waals surface area contributed by atoms with Crippen LogP contribution in [0.25, 0.3) is 0 Å². The lowest BCUT2D eigenvalue weighted by Crippen LogP contribution is -2.34. The number of amides is 1. The first-order valence-corrected chi connectivity index (χ1v) is 7.65. The highest BCUT2D eigenvalue weighted by atomic mass is 19.1. The molecule has 21 heavy (non-hydrogen) atoms. The van der Waals surface area contributed by atoms with Gasteiger partial charge in [0, 0.05) is 18.8 Å². The number of nitrogens with two attached hydrogens (primary N) is 1. The van der Waals surface area contributed by atoms with E-state index in [0.29, 0.717) is 30.6 Å². The summed E-state index contributed by atoms with van der Waals surface area (Å²) in [6.45, 7) is 9.80. The van der Waals surface area contributed by atoms with Gasteiger partial charge in [0.05, 0.1) is 5.56 Å². The van der Waals surface area contributed by atoms with E-state index in [4.69, 9.17) is 5.73 Å². The van der Waals surface area contributed by atoms with Crippen molar-refractivity contribution in [3.8, 4) is 0 Å². The van der Waals surface area contributed by atoms with E-state index in [-0.39, 0.29) is 11.5 Å². The standard InChI is InChI=1S/C17H27FN2O/c1-12(2)7-9-20(10-8-13(3)4)17(21)15-6-5-14(19)11-16(15)18/h5-6,11-13H,7-10,19H2,1-4H3. The number of carbonyl (C=O) groups is 1. The number of rotatable bonds is 7. The highest BCUT2D eigenvalue weighted by Gasteiger charge is 2.19. The molecule has 0 aliphatic heterocycles. The van der Waals surface area contributed by atoms with Crippen LogP contribution >= 0.6 is 0 Å². The third kappa shape index (κ3) is 5.74. The van der Waals surface area contributed by atoms with Crippen molar-refractivity contribution >= 4 is 11.6 Å². The fraction of sp³-hybridized carbons (Fsp3) is 0.588. The number of benzene rings is 1. The molecule has 0 aromatic heterocycles. The summed E-state index contributed by atoms with van der Waals surface area (Å²) >= 11 is 0. The van der Waals surface area contributed by atoms with Gasteiger partial charge in [0.2, 0.25) is 0 Å². The SMILES string of the molecule is CC(C)CCN(CCC(C)C)C(=O)c1ccc(N)cc1F. The number of nitrogen functional groups attached to an aromatic ring is 1. The van der Waals surface area contributed by atoms with Crippen molar-refractivity contribution in [2.24, 2.45) is 11.8 Å². The lowest BCUT2D eigenvalue weighted by Gasteiger charge is -2.25. The predicted molar refractivity (Wildman–Crippen MR) is 85.6 cm³/mol. The van der Waals surface area contributed by atoms with Crippen molar-refractivity contribution in [2.75, 3.05) is 18.8 Å². The maximum Gasteiger partial charge on any atom is 0.256 e. The Hall–Kier alpha value is -1.58. The maximum atomic E-state index is 13.9. The summed E-state index contributed by atoms with van der Waals surface area (Å²) in [6.07, 6.45) is 1.83.